The fraction of sp³-hybridized carbons (Fsp3) is 0.779. The van der Waals surface area contributed by atoms with Crippen LogP contribution in [0.4, 0.5) is 0 Å². The minimum atomic E-state index is -0.811. The van der Waals surface area contributed by atoms with Gasteiger partial charge in [0.1, 0.15) is 13.2 Å². The van der Waals surface area contributed by atoms with Gasteiger partial charge < -0.3 is 14.2 Å². The molecule has 6 nitrogen and oxygen atoms in total. The van der Waals surface area contributed by atoms with Gasteiger partial charge in [0.05, 0.1) is 0 Å². The molecule has 0 radical (unpaired) electrons. The number of carbonyl (C=O) groups excluding carboxylic acids is 3. The molecule has 0 aromatic carbocycles. The normalized spacial score (nSPS) is 12.6. The van der Waals surface area contributed by atoms with Crippen LogP contribution in [-0.2, 0) is 28.6 Å². The van der Waals surface area contributed by atoms with Gasteiger partial charge in [-0.25, -0.2) is 0 Å². The number of rotatable bonds is 66. The molecule has 480 valence electrons. The van der Waals surface area contributed by atoms with Gasteiger partial charge in [-0.05, 0) is 89.9 Å². The standard InChI is InChI=1S/C77H136O6/c1-4-7-10-13-16-19-22-25-28-31-32-33-34-35-36-37-38-39-40-41-42-43-44-47-49-52-55-58-61-64-67-70-76(79)82-73-74(83-77(80)71-68-65-62-59-56-53-50-46-30-27-24-21-18-15-12-9-6-3)72-81-75(78)69-66-63-60-57-54-51-48-45-29-26-23-20-17-14-11-8-5-2/h9,12,17-18,20-21,26-27,29-30,50,53,59,62,74H,4-8,10-11,13-16,19,22-25,28,31-49,51-52,54-58,60-61,63-73H2,1-3H3/b12-9-,20-17-,21-18-,29-26-,30-27-,53-50-,62-59-. The summed E-state index contributed by atoms with van der Waals surface area (Å²) in [5.74, 6) is -0.949. The molecule has 0 rings (SSSR count). The van der Waals surface area contributed by atoms with Gasteiger partial charge in [-0.15, -0.1) is 0 Å². The van der Waals surface area contributed by atoms with Crippen molar-refractivity contribution in [1.82, 2.24) is 0 Å². The molecule has 0 aliphatic heterocycles. The maximum atomic E-state index is 12.9. The third-order valence-corrected chi connectivity index (χ3v) is 15.9. The van der Waals surface area contributed by atoms with E-state index in [-0.39, 0.29) is 37.5 Å². The Labute approximate surface area is 515 Å². The summed E-state index contributed by atoms with van der Waals surface area (Å²) in [7, 11) is 0. The zero-order chi connectivity index (χ0) is 59.9. The third kappa shape index (κ3) is 69.3. The number of hydrogen-bond acceptors (Lipinski definition) is 6. The monoisotopic (exact) mass is 1160 g/mol. The van der Waals surface area contributed by atoms with Crippen LogP contribution in [0.1, 0.15) is 367 Å². The Morgan fingerprint density at radius 1 is 0.253 bits per heavy atom. The average molecular weight is 1160 g/mol. The van der Waals surface area contributed by atoms with Crippen molar-refractivity contribution in [2.45, 2.75) is 374 Å². The van der Waals surface area contributed by atoms with Crippen molar-refractivity contribution < 1.29 is 28.6 Å². The molecule has 0 heterocycles. The second-order valence-corrected chi connectivity index (χ2v) is 24.1. The lowest BCUT2D eigenvalue weighted by Gasteiger charge is -2.18. The van der Waals surface area contributed by atoms with Crippen LogP contribution in [0.3, 0.4) is 0 Å². The first kappa shape index (κ1) is 79.6. The number of allylic oxidation sites excluding steroid dienone is 14. The summed E-state index contributed by atoms with van der Waals surface area (Å²) in [4.78, 5) is 38.4. The highest BCUT2D eigenvalue weighted by molar-refractivity contribution is 5.71. The van der Waals surface area contributed by atoms with Crippen molar-refractivity contribution in [3.63, 3.8) is 0 Å². The highest BCUT2D eigenvalue weighted by atomic mass is 16.6. The zero-order valence-corrected chi connectivity index (χ0v) is 55.2. The quantitative estimate of drug-likeness (QED) is 0.0261. The minimum absolute atomic E-state index is 0.0990. The lowest BCUT2D eigenvalue weighted by molar-refractivity contribution is -0.167. The van der Waals surface area contributed by atoms with Crippen LogP contribution in [0.5, 0.6) is 0 Å². The van der Waals surface area contributed by atoms with Crippen LogP contribution in [-0.4, -0.2) is 37.2 Å². The van der Waals surface area contributed by atoms with Crippen LogP contribution in [0.2, 0.25) is 0 Å². The number of hydrogen-bond donors (Lipinski definition) is 0. The highest BCUT2D eigenvalue weighted by Crippen LogP contribution is 2.18. The van der Waals surface area contributed by atoms with Gasteiger partial charge in [-0.3, -0.25) is 14.4 Å². The van der Waals surface area contributed by atoms with E-state index in [1.165, 1.54) is 231 Å². The van der Waals surface area contributed by atoms with Gasteiger partial charge in [0.15, 0.2) is 6.10 Å². The molecule has 0 aliphatic rings. The summed E-state index contributed by atoms with van der Waals surface area (Å²) < 4.78 is 16.9. The van der Waals surface area contributed by atoms with Crippen molar-refractivity contribution in [2.75, 3.05) is 13.2 Å². The SMILES string of the molecule is CC/C=C\C/C=C\C/C=C\C/C=C\C/C=C\CCCC(=O)OC(COC(=O)CCCCCCCCC/C=C\C/C=C\CCCCC)COC(=O)CCCCCCCCCCCCCCCCCCCCCCCCCCCCCCCCC. The van der Waals surface area contributed by atoms with Gasteiger partial charge in [0.25, 0.3) is 0 Å². The van der Waals surface area contributed by atoms with Crippen molar-refractivity contribution >= 4 is 17.9 Å². The van der Waals surface area contributed by atoms with Gasteiger partial charge in [0.2, 0.25) is 0 Å². The molecule has 0 aromatic heterocycles. The smallest absolute Gasteiger partial charge is 0.306 e. The maximum absolute atomic E-state index is 12.9. The predicted molar refractivity (Wildman–Crippen MR) is 362 cm³/mol. The Kier molecular flexibility index (Phi) is 68.2. The van der Waals surface area contributed by atoms with Gasteiger partial charge in [-0.1, -0.05) is 343 Å². The zero-order valence-electron chi connectivity index (χ0n) is 55.2. The maximum Gasteiger partial charge on any atom is 0.306 e. The molecule has 6 heteroatoms. The predicted octanol–water partition coefficient (Wildman–Crippen LogP) is 25.0. The number of ether oxygens (including phenoxy) is 3. The molecule has 0 saturated carbocycles. The largest absolute Gasteiger partial charge is 0.462 e. The van der Waals surface area contributed by atoms with E-state index in [1.807, 2.05) is 0 Å². The van der Waals surface area contributed by atoms with E-state index in [0.717, 1.165) is 89.9 Å². The fourth-order valence-corrected chi connectivity index (χ4v) is 10.5. The van der Waals surface area contributed by atoms with E-state index < -0.39 is 6.10 Å². The number of unbranched alkanes of at least 4 members (excludes halogenated alkanes) is 41. The minimum Gasteiger partial charge on any atom is -0.462 e. The molecular weight excluding hydrogens is 1020 g/mol. The van der Waals surface area contributed by atoms with Crippen LogP contribution >= 0.6 is 0 Å². The van der Waals surface area contributed by atoms with E-state index >= 15 is 0 Å². The van der Waals surface area contributed by atoms with Crippen molar-refractivity contribution in [3.8, 4) is 0 Å². The molecule has 0 aromatic rings. The molecule has 0 spiro atoms. The van der Waals surface area contributed by atoms with Crippen LogP contribution in [0.25, 0.3) is 0 Å². The van der Waals surface area contributed by atoms with Crippen molar-refractivity contribution in [1.29, 1.82) is 0 Å². The van der Waals surface area contributed by atoms with E-state index in [2.05, 4.69) is 106 Å². The molecule has 0 amide bonds. The highest BCUT2D eigenvalue weighted by Gasteiger charge is 2.19. The summed E-state index contributed by atoms with van der Waals surface area (Å²) in [5, 5.41) is 0. The lowest BCUT2D eigenvalue weighted by atomic mass is 10.0. The average Bonchev–Trinajstić information content (AvgIpc) is 3.50. The number of esters is 3. The van der Waals surface area contributed by atoms with Gasteiger partial charge >= 0.3 is 17.9 Å². The first-order valence-electron chi connectivity index (χ1n) is 36.1. The van der Waals surface area contributed by atoms with Crippen LogP contribution in [0, 0.1) is 0 Å². The third-order valence-electron chi connectivity index (χ3n) is 15.9. The molecule has 0 aliphatic carbocycles. The first-order chi connectivity index (χ1) is 41.0. The fourth-order valence-electron chi connectivity index (χ4n) is 10.5. The summed E-state index contributed by atoms with van der Waals surface area (Å²) in [5.41, 5.74) is 0. The molecular formula is C77H136O6. The number of carbonyl (C=O) groups is 3. The Morgan fingerprint density at radius 3 is 0.795 bits per heavy atom. The van der Waals surface area contributed by atoms with Crippen molar-refractivity contribution in [3.05, 3.63) is 85.1 Å². The molecule has 0 bridgehead atoms. The van der Waals surface area contributed by atoms with Gasteiger partial charge in [-0.2, -0.15) is 0 Å². The molecule has 0 fully saturated rings. The Bertz CT molecular complexity index is 1570. The first-order valence-corrected chi connectivity index (χ1v) is 36.1. The summed E-state index contributed by atoms with van der Waals surface area (Å²) in [6, 6.07) is 0. The van der Waals surface area contributed by atoms with E-state index in [9.17, 15) is 14.4 Å². The van der Waals surface area contributed by atoms with E-state index in [4.69, 9.17) is 14.2 Å². The van der Waals surface area contributed by atoms with Gasteiger partial charge in [0, 0.05) is 19.3 Å². The molecule has 1 atom stereocenters. The molecule has 0 saturated heterocycles. The Morgan fingerprint density at radius 2 is 0.482 bits per heavy atom. The summed E-state index contributed by atoms with van der Waals surface area (Å²) in [6.45, 7) is 6.50. The van der Waals surface area contributed by atoms with E-state index in [1.54, 1.807) is 0 Å². The second kappa shape index (κ2) is 71.1. The second-order valence-electron chi connectivity index (χ2n) is 24.1. The van der Waals surface area contributed by atoms with Crippen LogP contribution in [0.15, 0.2) is 85.1 Å². The molecule has 83 heavy (non-hydrogen) atoms. The van der Waals surface area contributed by atoms with E-state index in [0.29, 0.717) is 19.3 Å². The topological polar surface area (TPSA) is 78.9 Å². The Balaban J connectivity index is 4.25. The molecule has 0 N–H and O–H groups in total. The summed E-state index contributed by atoms with van der Waals surface area (Å²) >= 11 is 0. The summed E-state index contributed by atoms with van der Waals surface area (Å²) in [6.07, 6.45) is 95.0. The van der Waals surface area contributed by atoms with Crippen LogP contribution < -0.4 is 0 Å². The molecule has 1 unspecified atom stereocenters. The Hall–Kier alpha value is -3.41. The lowest BCUT2D eigenvalue weighted by Crippen LogP contribution is -2.30. The van der Waals surface area contributed by atoms with Crippen molar-refractivity contribution in [2.24, 2.45) is 0 Å².